The SMILES string of the molecule is Cn1nc(C(F)(F)I)cc1-c1ccc(NCc2ccc(F)cc2F)cc1F. The molecule has 0 spiro atoms. The van der Waals surface area contributed by atoms with E-state index < -0.39 is 27.1 Å². The molecule has 27 heavy (non-hydrogen) atoms. The van der Waals surface area contributed by atoms with Gasteiger partial charge >= 0.3 is 3.93 Å². The molecule has 0 saturated heterocycles. The van der Waals surface area contributed by atoms with E-state index in [0.717, 1.165) is 40.8 Å². The summed E-state index contributed by atoms with van der Waals surface area (Å²) in [6.07, 6.45) is 0. The van der Waals surface area contributed by atoms with Gasteiger partial charge in [0.15, 0.2) is 0 Å². The minimum atomic E-state index is -3.16. The van der Waals surface area contributed by atoms with Gasteiger partial charge in [0.1, 0.15) is 23.1 Å². The Morgan fingerprint density at radius 1 is 1.04 bits per heavy atom. The molecule has 3 rings (SSSR count). The van der Waals surface area contributed by atoms with Crippen molar-refractivity contribution in [1.29, 1.82) is 0 Å². The van der Waals surface area contributed by atoms with E-state index in [4.69, 9.17) is 0 Å². The minimum absolute atomic E-state index is 0.0296. The molecule has 1 N–H and O–H groups in total. The van der Waals surface area contributed by atoms with Gasteiger partial charge in [-0.3, -0.25) is 4.68 Å². The molecular weight excluding hydrogens is 480 g/mol. The third kappa shape index (κ3) is 4.40. The number of anilines is 1. The van der Waals surface area contributed by atoms with Crippen molar-refractivity contribution in [1.82, 2.24) is 9.78 Å². The van der Waals surface area contributed by atoms with Gasteiger partial charge in [-0.1, -0.05) is 6.07 Å². The predicted octanol–water partition coefficient (Wildman–Crippen LogP) is 5.60. The Hall–Kier alpha value is -2.17. The summed E-state index contributed by atoms with van der Waals surface area (Å²) in [5, 5.41) is 6.56. The van der Waals surface area contributed by atoms with Crippen molar-refractivity contribution < 1.29 is 22.0 Å². The van der Waals surface area contributed by atoms with Gasteiger partial charge < -0.3 is 5.32 Å². The first-order chi connectivity index (χ1) is 12.6. The molecule has 3 aromatic rings. The Balaban J connectivity index is 1.81. The van der Waals surface area contributed by atoms with Crippen LogP contribution < -0.4 is 5.32 Å². The zero-order valence-corrected chi connectivity index (χ0v) is 16.1. The largest absolute Gasteiger partial charge is 0.381 e. The summed E-state index contributed by atoms with van der Waals surface area (Å²) in [5.74, 6) is -2.04. The third-order valence-electron chi connectivity index (χ3n) is 3.91. The number of aryl methyl sites for hydroxylation is 1. The van der Waals surface area contributed by atoms with Crippen LogP contribution in [0.2, 0.25) is 0 Å². The lowest BCUT2D eigenvalue weighted by molar-refractivity contribution is 0.121. The summed E-state index contributed by atoms with van der Waals surface area (Å²) in [4.78, 5) is 0. The Morgan fingerprint density at radius 3 is 2.37 bits per heavy atom. The van der Waals surface area contributed by atoms with E-state index in [-0.39, 0.29) is 23.4 Å². The van der Waals surface area contributed by atoms with E-state index in [0.29, 0.717) is 5.69 Å². The fourth-order valence-electron chi connectivity index (χ4n) is 2.55. The third-order valence-corrected chi connectivity index (χ3v) is 4.47. The highest BCUT2D eigenvalue weighted by Gasteiger charge is 2.31. The number of hydrogen-bond donors (Lipinski definition) is 1. The molecule has 142 valence electrons. The first-order valence-electron chi connectivity index (χ1n) is 7.74. The zero-order chi connectivity index (χ0) is 19.8. The standard InChI is InChI=1S/C18H13F5IN3/c1-27-16(8-17(26-27)18(22,23)24)13-5-4-12(7-15(13)21)25-9-10-2-3-11(19)6-14(10)20/h2-8,25H,9H2,1H3. The first kappa shape index (κ1) is 19.6. The van der Waals surface area contributed by atoms with Gasteiger partial charge in [0.25, 0.3) is 0 Å². The molecule has 0 atom stereocenters. The number of halogens is 6. The zero-order valence-electron chi connectivity index (χ0n) is 13.9. The molecular formula is C18H13F5IN3. The molecule has 0 saturated carbocycles. The van der Waals surface area contributed by atoms with Crippen LogP contribution in [0.3, 0.4) is 0 Å². The van der Waals surface area contributed by atoms with Gasteiger partial charge in [-0.05, 0) is 30.3 Å². The molecule has 0 fully saturated rings. The minimum Gasteiger partial charge on any atom is -0.381 e. The maximum atomic E-state index is 14.5. The van der Waals surface area contributed by atoms with E-state index in [1.165, 1.54) is 36.0 Å². The molecule has 1 heterocycles. The second kappa shape index (κ2) is 7.45. The Labute approximate surface area is 165 Å². The molecule has 0 amide bonds. The van der Waals surface area contributed by atoms with E-state index in [1.807, 2.05) is 0 Å². The highest BCUT2D eigenvalue weighted by atomic mass is 127. The second-order valence-electron chi connectivity index (χ2n) is 5.82. The topological polar surface area (TPSA) is 29.9 Å². The van der Waals surface area contributed by atoms with Crippen LogP contribution in [0.25, 0.3) is 11.3 Å². The number of hydrogen-bond acceptors (Lipinski definition) is 2. The molecule has 0 aliphatic rings. The summed E-state index contributed by atoms with van der Waals surface area (Å²) in [5.41, 5.74) is 0.433. The fourth-order valence-corrected chi connectivity index (χ4v) is 2.82. The van der Waals surface area contributed by atoms with Crippen molar-refractivity contribution in [2.45, 2.75) is 10.5 Å². The van der Waals surface area contributed by atoms with Crippen molar-refractivity contribution in [3.8, 4) is 11.3 Å². The van der Waals surface area contributed by atoms with Crippen LogP contribution >= 0.6 is 22.6 Å². The maximum Gasteiger partial charge on any atom is 0.339 e. The summed E-state index contributed by atoms with van der Waals surface area (Å²) < 4.78 is 65.9. The molecule has 0 aliphatic carbocycles. The predicted molar refractivity (Wildman–Crippen MR) is 100 cm³/mol. The number of alkyl halides is 3. The van der Waals surface area contributed by atoms with Crippen LogP contribution in [0.1, 0.15) is 11.3 Å². The average molecular weight is 493 g/mol. The molecule has 2 aromatic carbocycles. The second-order valence-corrected chi connectivity index (χ2v) is 7.17. The smallest absolute Gasteiger partial charge is 0.339 e. The normalized spacial score (nSPS) is 11.7. The maximum absolute atomic E-state index is 14.5. The Morgan fingerprint density at radius 2 is 1.78 bits per heavy atom. The Kier molecular flexibility index (Phi) is 5.41. The summed E-state index contributed by atoms with van der Waals surface area (Å²) in [6.45, 7) is 0.0296. The lowest BCUT2D eigenvalue weighted by Crippen LogP contribution is -2.04. The molecule has 0 aliphatic heterocycles. The average Bonchev–Trinajstić information content (AvgIpc) is 2.96. The highest BCUT2D eigenvalue weighted by molar-refractivity contribution is 14.1. The monoisotopic (exact) mass is 493 g/mol. The lowest BCUT2D eigenvalue weighted by Gasteiger charge is -2.10. The lowest BCUT2D eigenvalue weighted by atomic mass is 10.1. The number of rotatable bonds is 5. The molecule has 1 aromatic heterocycles. The number of nitrogens with zero attached hydrogens (tertiary/aromatic N) is 2. The van der Waals surface area contributed by atoms with Crippen LogP contribution in [0, 0.1) is 17.5 Å². The van der Waals surface area contributed by atoms with Crippen molar-refractivity contribution >= 4 is 28.3 Å². The van der Waals surface area contributed by atoms with Gasteiger partial charge in [0.05, 0.1) is 5.69 Å². The number of aromatic nitrogens is 2. The molecule has 9 heteroatoms. The van der Waals surface area contributed by atoms with Crippen LogP contribution in [-0.4, -0.2) is 9.78 Å². The van der Waals surface area contributed by atoms with Gasteiger partial charge in [-0.15, -0.1) is 0 Å². The van der Waals surface area contributed by atoms with E-state index >= 15 is 0 Å². The van der Waals surface area contributed by atoms with Crippen LogP contribution in [0.4, 0.5) is 27.6 Å². The molecule has 0 bridgehead atoms. The molecule has 0 unspecified atom stereocenters. The molecule has 3 nitrogen and oxygen atoms in total. The van der Waals surface area contributed by atoms with E-state index in [9.17, 15) is 22.0 Å². The number of nitrogens with one attached hydrogen (secondary N) is 1. The summed E-state index contributed by atoms with van der Waals surface area (Å²) in [7, 11) is 1.45. The quantitative estimate of drug-likeness (QED) is 0.285. The van der Waals surface area contributed by atoms with Gasteiger partial charge in [0.2, 0.25) is 0 Å². The highest BCUT2D eigenvalue weighted by Crippen LogP contribution is 2.36. The van der Waals surface area contributed by atoms with E-state index in [1.54, 1.807) is 0 Å². The molecule has 0 radical (unpaired) electrons. The van der Waals surface area contributed by atoms with Crippen molar-refractivity contribution in [2.75, 3.05) is 5.32 Å². The van der Waals surface area contributed by atoms with Gasteiger partial charge in [0, 0.05) is 59.1 Å². The van der Waals surface area contributed by atoms with Crippen LogP contribution in [0.15, 0.2) is 42.5 Å². The Bertz CT molecular complexity index is 982. The van der Waals surface area contributed by atoms with E-state index in [2.05, 4.69) is 10.4 Å². The fraction of sp³-hybridized carbons (Fsp3) is 0.167. The number of benzene rings is 2. The van der Waals surface area contributed by atoms with Crippen molar-refractivity contribution in [3.05, 3.63) is 71.2 Å². The summed E-state index contributed by atoms with van der Waals surface area (Å²) in [6, 6.07) is 8.46. The van der Waals surface area contributed by atoms with Gasteiger partial charge in [-0.25, -0.2) is 13.2 Å². The summed E-state index contributed by atoms with van der Waals surface area (Å²) >= 11 is 0.960. The first-order valence-corrected chi connectivity index (χ1v) is 8.82. The van der Waals surface area contributed by atoms with Crippen LogP contribution in [0.5, 0.6) is 0 Å². The van der Waals surface area contributed by atoms with Crippen LogP contribution in [-0.2, 0) is 17.5 Å². The van der Waals surface area contributed by atoms with Crippen molar-refractivity contribution in [2.24, 2.45) is 7.05 Å². The van der Waals surface area contributed by atoms with Gasteiger partial charge in [-0.2, -0.15) is 13.9 Å². The van der Waals surface area contributed by atoms with Crippen molar-refractivity contribution in [3.63, 3.8) is 0 Å².